The maximum absolute atomic E-state index is 13.4. The van der Waals surface area contributed by atoms with E-state index in [0.29, 0.717) is 44.0 Å². The maximum atomic E-state index is 13.4. The van der Waals surface area contributed by atoms with E-state index < -0.39 is 12.8 Å². The zero-order valence-electron chi connectivity index (χ0n) is 27.7. The lowest BCUT2D eigenvalue weighted by Gasteiger charge is -2.53. The Morgan fingerprint density at radius 1 is 0.900 bits per heavy atom. The number of H-pyrrole nitrogens is 1. The van der Waals surface area contributed by atoms with E-state index in [2.05, 4.69) is 49.0 Å². The molecule has 0 spiro atoms. The highest BCUT2D eigenvalue weighted by molar-refractivity contribution is 5.92. The molecule has 270 valence electrons. The standard InChI is InChI=1S/C35H39F3N6O4.2ClH/c1-3-47-34-40-31(46-2)27(32(41-34)48-23-35(36,37)38)21-42-19-26-20-43(33(45)28-15-10-16-39-28)17-18-44(26)29(22-42)30(24-11-6-4-7-12-24)25-13-8-5-9-14-25;;/h4-16,26,29-30,39H,3,17-23H2,1-2H3;2*1H. The second kappa shape index (κ2) is 17.3. The number of piperazine rings is 2. The highest BCUT2D eigenvalue weighted by Gasteiger charge is 2.44. The number of methoxy groups -OCH3 is 1. The van der Waals surface area contributed by atoms with Gasteiger partial charge in [0.1, 0.15) is 5.69 Å². The van der Waals surface area contributed by atoms with Crippen molar-refractivity contribution in [1.29, 1.82) is 0 Å². The zero-order chi connectivity index (χ0) is 33.7. The summed E-state index contributed by atoms with van der Waals surface area (Å²) < 4.78 is 56.2. The number of carbonyl (C=O) groups excluding carboxylic acids is 1. The molecule has 0 aliphatic carbocycles. The van der Waals surface area contributed by atoms with Crippen molar-refractivity contribution in [3.8, 4) is 17.8 Å². The SMILES string of the molecule is CCOc1nc(OC)c(CN2CC3CN(C(=O)c4ccc[nH]4)CCN3C(C(c3ccccc3)c3ccccc3)C2)c(OCC(F)(F)F)n1.Cl.Cl. The van der Waals surface area contributed by atoms with E-state index in [1.807, 2.05) is 41.3 Å². The first kappa shape index (κ1) is 38.8. The number of rotatable bonds is 11. The Bertz CT molecular complexity index is 1610. The molecule has 4 aromatic rings. The van der Waals surface area contributed by atoms with Gasteiger partial charge in [-0.2, -0.15) is 23.1 Å². The highest BCUT2D eigenvalue weighted by atomic mass is 35.5. The van der Waals surface area contributed by atoms with Gasteiger partial charge < -0.3 is 24.1 Å². The summed E-state index contributed by atoms with van der Waals surface area (Å²) in [4.78, 5) is 31.5. The zero-order valence-corrected chi connectivity index (χ0v) is 29.3. The van der Waals surface area contributed by atoms with Crippen molar-refractivity contribution in [3.05, 3.63) is 101 Å². The smallest absolute Gasteiger partial charge is 0.422 e. The van der Waals surface area contributed by atoms with E-state index in [1.165, 1.54) is 7.11 Å². The molecule has 50 heavy (non-hydrogen) atoms. The molecular formula is C35H41Cl2F3N6O4. The molecule has 2 fully saturated rings. The van der Waals surface area contributed by atoms with Crippen molar-refractivity contribution in [2.24, 2.45) is 0 Å². The Hall–Kier alpha value is -4.04. The summed E-state index contributed by atoms with van der Waals surface area (Å²) in [5, 5.41) is 0. The van der Waals surface area contributed by atoms with Gasteiger partial charge in [-0.05, 0) is 30.2 Å². The Labute approximate surface area is 301 Å². The molecule has 2 atom stereocenters. The number of alkyl halides is 3. The summed E-state index contributed by atoms with van der Waals surface area (Å²) in [6.07, 6.45) is -2.84. The van der Waals surface area contributed by atoms with Gasteiger partial charge in [-0.15, -0.1) is 24.8 Å². The molecule has 10 nitrogen and oxygen atoms in total. The first-order chi connectivity index (χ1) is 23.2. The number of hydrogen-bond acceptors (Lipinski definition) is 8. The molecule has 2 saturated heterocycles. The monoisotopic (exact) mass is 736 g/mol. The Morgan fingerprint density at radius 2 is 1.56 bits per heavy atom. The van der Waals surface area contributed by atoms with Crippen LogP contribution < -0.4 is 14.2 Å². The number of aromatic amines is 1. The number of benzene rings is 2. The molecule has 1 amide bonds. The third-order valence-electron chi connectivity index (χ3n) is 8.82. The normalized spacial score (nSPS) is 18.1. The summed E-state index contributed by atoms with van der Waals surface area (Å²) in [6.45, 7) is 3.40. The first-order valence-electron chi connectivity index (χ1n) is 16.0. The lowest BCUT2D eigenvalue weighted by Crippen LogP contribution is -2.67. The lowest BCUT2D eigenvalue weighted by molar-refractivity contribution is -0.154. The van der Waals surface area contributed by atoms with Crippen LogP contribution in [-0.2, 0) is 6.54 Å². The summed E-state index contributed by atoms with van der Waals surface area (Å²) in [5.41, 5.74) is 3.12. The lowest BCUT2D eigenvalue weighted by atomic mass is 9.81. The molecule has 2 unspecified atom stereocenters. The van der Waals surface area contributed by atoms with E-state index in [9.17, 15) is 18.0 Å². The summed E-state index contributed by atoms with van der Waals surface area (Å²) in [6, 6.07) is 24.0. The fraction of sp³-hybridized carbons (Fsp3) is 0.400. The minimum Gasteiger partial charge on any atom is -0.481 e. The predicted octanol–water partition coefficient (Wildman–Crippen LogP) is 5.84. The fourth-order valence-corrected chi connectivity index (χ4v) is 6.83. The van der Waals surface area contributed by atoms with Crippen LogP contribution in [0.25, 0.3) is 0 Å². The molecule has 0 radical (unpaired) electrons. The number of halogens is 5. The average molecular weight is 738 g/mol. The summed E-state index contributed by atoms with van der Waals surface area (Å²) in [5.74, 6) is -0.251. The number of amides is 1. The van der Waals surface area contributed by atoms with Crippen LogP contribution in [0.3, 0.4) is 0 Å². The van der Waals surface area contributed by atoms with E-state index in [4.69, 9.17) is 14.2 Å². The maximum Gasteiger partial charge on any atom is 0.422 e. The topological polar surface area (TPSA) is 96.0 Å². The number of carbonyl (C=O) groups is 1. The summed E-state index contributed by atoms with van der Waals surface area (Å²) in [7, 11) is 1.40. The molecule has 6 rings (SSSR count). The predicted molar refractivity (Wildman–Crippen MR) is 187 cm³/mol. The second-order valence-corrected chi connectivity index (χ2v) is 11.9. The van der Waals surface area contributed by atoms with Crippen LogP contribution in [0.5, 0.6) is 17.8 Å². The molecule has 4 heterocycles. The Morgan fingerprint density at radius 3 is 2.14 bits per heavy atom. The molecule has 2 aromatic carbocycles. The third kappa shape index (κ3) is 9.00. The average Bonchev–Trinajstić information content (AvgIpc) is 3.64. The number of nitrogens with one attached hydrogen (secondary N) is 1. The van der Waals surface area contributed by atoms with Crippen molar-refractivity contribution >= 4 is 30.7 Å². The van der Waals surface area contributed by atoms with Gasteiger partial charge in [-0.3, -0.25) is 14.6 Å². The minimum absolute atomic E-state index is 0. The molecule has 15 heteroatoms. The minimum atomic E-state index is -4.58. The van der Waals surface area contributed by atoms with Gasteiger partial charge in [0, 0.05) is 63.5 Å². The van der Waals surface area contributed by atoms with Crippen LogP contribution in [0.1, 0.15) is 40.0 Å². The van der Waals surface area contributed by atoms with Crippen LogP contribution in [0.2, 0.25) is 0 Å². The van der Waals surface area contributed by atoms with Crippen LogP contribution >= 0.6 is 24.8 Å². The van der Waals surface area contributed by atoms with E-state index in [0.717, 1.165) is 11.1 Å². The van der Waals surface area contributed by atoms with Gasteiger partial charge in [-0.25, -0.2) is 0 Å². The number of fused-ring (bicyclic) bond motifs is 1. The number of hydrogen-bond donors (Lipinski definition) is 1. The first-order valence-corrected chi connectivity index (χ1v) is 16.0. The van der Waals surface area contributed by atoms with Crippen LogP contribution in [0.4, 0.5) is 13.2 Å². The number of ether oxygens (including phenoxy) is 3. The van der Waals surface area contributed by atoms with Gasteiger partial charge in [0.05, 0.1) is 19.3 Å². The Balaban J connectivity index is 0.00000281. The van der Waals surface area contributed by atoms with Crippen LogP contribution in [0.15, 0.2) is 79.0 Å². The van der Waals surface area contributed by atoms with Crippen molar-refractivity contribution in [1.82, 2.24) is 29.7 Å². The molecule has 0 saturated carbocycles. The van der Waals surface area contributed by atoms with E-state index in [1.54, 1.807) is 25.3 Å². The molecule has 1 N–H and O–H groups in total. The van der Waals surface area contributed by atoms with Crippen molar-refractivity contribution in [2.45, 2.75) is 37.6 Å². The highest BCUT2D eigenvalue weighted by Crippen LogP contribution is 2.38. The van der Waals surface area contributed by atoms with Gasteiger partial charge in [0.25, 0.3) is 5.91 Å². The molecule has 2 aliphatic rings. The number of aromatic nitrogens is 3. The van der Waals surface area contributed by atoms with Crippen LogP contribution in [-0.4, -0.2) is 107 Å². The fourth-order valence-electron chi connectivity index (χ4n) is 6.83. The van der Waals surface area contributed by atoms with Gasteiger partial charge in [-0.1, -0.05) is 60.7 Å². The van der Waals surface area contributed by atoms with E-state index in [-0.39, 0.29) is 79.6 Å². The number of nitrogens with zero attached hydrogens (tertiary/aromatic N) is 5. The molecular weight excluding hydrogens is 696 g/mol. The van der Waals surface area contributed by atoms with Gasteiger partial charge in [0.15, 0.2) is 6.61 Å². The van der Waals surface area contributed by atoms with E-state index >= 15 is 0 Å². The van der Waals surface area contributed by atoms with Crippen molar-refractivity contribution in [3.63, 3.8) is 0 Å². The molecule has 2 aliphatic heterocycles. The third-order valence-corrected chi connectivity index (χ3v) is 8.82. The van der Waals surface area contributed by atoms with Gasteiger partial charge in [0.2, 0.25) is 11.8 Å². The molecule has 2 aromatic heterocycles. The summed E-state index contributed by atoms with van der Waals surface area (Å²) >= 11 is 0. The quantitative estimate of drug-likeness (QED) is 0.205. The second-order valence-electron chi connectivity index (χ2n) is 11.9. The molecule has 0 bridgehead atoms. The van der Waals surface area contributed by atoms with Gasteiger partial charge >= 0.3 is 12.2 Å². The van der Waals surface area contributed by atoms with Crippen LogP contribution in [0, 0.1) is 0 Å². The van der Waals surface area contributed by atoms with Crippen molar-refractivity contribution in [2.75, 3.05) is 53.0 Å². The van der Waals surface area contributed by atoms with Crippen molar-refractivity contribution < 1.29 is 32.2 Å². The Kier molecular flexibility index (Phi) is 13.4. The largest absolute Gasteiger partial charge is 0.481 e.